The van der Waals surface area contributed by atoms with Crippen LogP contribution < -0.4 is 0 Å². The Kier molecular flexibility index (Phi) is 5.28. The van der Waals surface area contributed by atoms with Crippen LogP contribution in [0.5, 0.6) is 0 Å². The molecule has 0 spiro atoms. The lowest BCUT2D eigenvalue weighted by atomic mass is 9.98. The molecule has 1 saturated heterocycles. The molecule has 0 N–H and O–H groups in total. The van der Waals surface area contributed by atoms with E-state index >= 15 is 0 Å². The molecule has 1 aromatic heterocycles. The third-order valence-corrected chi connectivity index (χ3v) is 5.04. The van der Waals surface area contributed by atoms with Gasteiger partial charge < -0.3 is 9.64 Å². The zero-order valence-electron chi connectivity index (χ0n) is 12.2. The Morgan fingerprint density at radius 3 is 2.65 bits per heavy atom. The average Bonchev–Trinajstić information content (AvgIpc) is 2.85. The van der Waals surface area contributed by atoms with Crippen molar-refractivity contribution in [3.8, 4) is 0 Å². The van der Waals surface area contributed by atoms with Crippen molar-refractivity contribution in [3.05, 3.63) is 16.1 Å². The summed E-state index contributed by atoms with van der Waals surface area (Å²) in [5.41, 5.74) is 0.749. The first-order valence-electron chi connectivity index (χ1n) is 6.87. The van der Waals surface area contributed by atoms with E-state index in [1.54, 1.807) is 11.3 Å². The maximum atomic E-state index is 12.0. The van der Waals surface area contributed by atoms with Gasteiger partial charge in [-0.1, -0.05) is 22.6 Å². The number of hydrogen-bond donors (Lipinski definition) is 0. The summed E-state index contributed by atoms with van der Waals surface area (Å²) in [4.78, 5) is 18.5. The van der Waals surface area contributed by atoms with Crippen molar-refractivity contribution in [2.75, 3.05) is 13.1 Å². The third-order valence-electron chi connectivity index (χ3n) is 3.20. The van der Waals surface area contributed by atoms with Gasteiger partial charge in [-0.05, 0) is 33.6 Å². The van der Waals surface area contributed by atoms with Crippen molar-refractivity contribution in [3.63, 3.8) is 0 Å². The zero-order chi connectivity index (χ0) is 14.8. The largest absolute Gasteiger partial charge is 0.444 e. The first-order valence-corrected chi connectivity index (χ1v) is 9.28. The van der Waals surface area contributed by atoms with Crippen molar-refractivity contribution >= 4 is 40.0 Å². The van der Waals surface area contributed by atoms with Crippen molar-refractivity contribution in [2.24, 2.45) is 0 Å². The molecule has 6 heteroatoms. The number of amides is 1. The van der Waals surface area contributed by atoms with Crippen molar-refractivity contribution in [1.29, 1.82) is 0 Å². The van der Waals surface area contributed by atoms with E-state index in [-0.39, 0.29) is 6.09 Å². The van der Waals surface area contributed by atoms with Crippen LogP contribution >= 0.6 is 33.9 Å². The van der Waals surface area contributed by atoms with E-state index in [1.165, 1.54) is 10.7 Å². The smallest absolute Gasteiger partial charge is 0.410 e. The lowest BCUT2D eigenvalue weighted by Gasteiger charge is -2.32. The molecule has 0 atom stereocenters. The Labute approximate surface area is 138 Å². The summed E-state index contributed by atoms with van der Waals surface area (Å²) >= 11 is 4.09. The molecule has 112 valence electrons. The topological polar surface area (TPSA) is 42.4 Å². The minimum atomic E-state index is -0.418. The second-order valence-corrected chi connectivity index (χ2v) is 7.70. The number of likely N-dealkylation sites (tertiary alicyclic amines) is 1. The van der Waals surface area contributed by atoms with Gasteiger partial charge in [-0.3, -0.25) is 0 Å². The number of rotatable bonds is 2. The van der Waals surface area contributed by atoms with Crippen LogP contribution in [-0.4, -0.2) is 34.7 Å². The molecule has 20 heavy (non-hydrogen) atoms. The van der Waals surface area contributed by atoms with Crippen LogP contribution in [-0.2, 0) is 9.16 Å². The molecule has 1 amide bonds. The quantitative estimate of drug-likeness (QED) is 0.545. The number of thiazole rings is 1. The maximum absolute atomic E-state index is 12.0. The monoisotopic (exact) mass is 408 g/mol. The Balaban J connectivity index is 1.87. The van der Waals surface area contributed by atoms with Gasteiger partial charge >= 0.3 is 6.09 Å². The van der Waals surface area contributed by atoms with E-state index in [4.69, 9.17) is 4.74 Å². The van der Waals surface area contributed by atoms with Gasteiger partial charge in [-0.2, -0.15) is 0 Å². The minimum absolute atomic E-state index is 0.192. The molecule has 2 rings (SSSR count). The van der Waals surface area contributed by atoms with E-state index in [0.29, 0.717) is 5.92 Å². The molecular formula is C14H21IN2O2S. The van der Waals surface area contributed by atoms with Gasteiger partial charge in [0.2, 0.25) is 0 Å². The molecule has 0 saturated carbocycles. The third kappa shape index (κ3) is 4.31. The Morgan fingerprint density at radius 2 is 2.15 bits per heavy atom. The molecule has 4 nitrogen and oxygen atoms in total. The van der Waals surface area contributed by atoms with Crippen molar-refractivity contribution in [2.45, 2.75) is 49.6 Å². The Hall–Kier alpha value is -0.370. The van der Waals surface area contributed by atoms with Gasteiger partial charge in [0.15, 0.2) is 0 Å². The van der Waals surface area contributed by atoms with Gasteiger partial charge in [-0.15, -0.1) is 11.3 Å². The normalized spacial score (nSPS) is 17.3. The number of carbonyl (C=O) groups excluding carboxylic acids is 1. The molecule has 1 aliphatic rings. The van der Waals surface area contributed by atoms with E-state index in [9.17, 15) is 4.79 Å². The molecule has 0 aromatic carbocycles. The predicted molar refractivity (Wildman–Crippen MR) is 89.6 cm³/mol. The molecule has 0 unspecified atom stereocenters. The average molecular weight is 408 g/mol. The number of aromatic nitrogens is 1. The highest BCUT2D eigenvalue weighted by Gasteiger charge is 2.28. The summed E-state index contributed by atoms with van der Waals surface area (Å²) in [5, 5.41) is 3.36. The maximum Gasteiger partial charge on any atom is 0.410 e. The molecule has 1 aromatic rings. The number of nitrogens with zero attached hydrogens (tertiary/aromatic N) is 2. The molecule has 0 radical (unpaired) electrons. The highest BCUT2D eigenvalue weighted by atomic mass is 127. The van der Waals surface area contributed by atoms with Crippen LogP contribution in [0.3, 0.4) is 0 Å². The second-order valence-electron chi connectivity index (χ2n) is 6.05. The molecule has 0 bridgehead atoms. The van der Waals surface area contributed by atoms with Crippen LogP contribution in [0.15, 0.2) is 5.38 Å². The number of hydrogen-bond acceptors (Lipinski definition) is 4. The first kappa shape index (κ1) is 16.0. The highest BCUT2D eigenvalue weighted by Crippen LogP contribution is 2.31. The fourth-order valence-electron chi connectivity index (χ4n) is 2.21. The lowest BCUT2D eigenvalue weighted by Crippen LogP contribution is -2.41. The highest BCUT2D eigenvalue weighted by molar-refractivity contribution is 14.1. The summed E-state index contributed by atoms with van der Waals surface area (Å²) in [6, 6.07) is 0. The number of piperidine rings is 1. The lowest BCUT2D eigenvalue weighted by molar-refractivity contribution is 0.0205. The van der Waals surface area contributed by atoms with E-state index in [2.05, 4.69) is 33.0 Å². The SMILES string of the molecule is CC(C)(C)OC(=O)N1CCC(c2nc(CI)cs2)CC1. The first-order chi connectivity index (χ1) is 9.39. The van der Waals surface area contributed by atoms with Crippen LogP contribution in [0, 0.1) is 0 Å². The molecule has 1 fully saturated rings. The Bertz CT molecular complexity index is 462. The van der Waals surface area contributed by atoms with Gasteiger partial charge in [0, 0.05) is 28.8 Å². The molecule has 0 aliphatic carbocycles. The molecule has 1 aliphatic heterocycles. The van der Waals surface area contributed by atoms with Gasteiger partial charge in [-0.25, -0.2) is 9.78 Å². The van der Waals surface area contributed by atoms with Crippen LogP contribution in [0.25, 0.3) is 0 Å². The Morgan fingerprint density at radius 1 is 1.50 bits per heavy atom. The van der Waals surface area contributed by atoms with Crippen LogP contribution in [0.2, 0.25) is 0 Å². The standard InChI is InChI=1S/C14H21IN2O2S/c1-14(2,3)19-13(18)17-6-4-10(5-7-17)12-16-11(8-15)9-20-12/h9-10H,4-8H2,1-3H3. The summed E-state index contributed by atoms with van der Waals surface area (Å²) in [5.74, 6) is 0.496. The van der Waals surface area contributed by atoms with Gasteiger partial charge in [0.25, 0.3) is 0 Å². The van der Waals surface area contributed by atoms with E-state index in [0.717, 1.165) is 30.4 Å². The van der Waals surface area contributed by atoms with Crippen LogP contribution in [0.4, 0.5) is 4.79 Å². The number of carbonyl (C=O) groups is 1. The van der Waals surface area contributed by atoms with Gasteiger partial charge in [0.05, 0.1) is 10.7 Å². The van der Waals surface area contributed by atoms with Gasteiger partial charge in [0.1, 0.15) is 5.60 Å². The summed E-state index contributed by atoms with van der Waals surface area (Å²) in [6.45, 7) is 7.23. The van der Waals surface area contributed by atoms with Crippen molar-refractivity contribution in [1.82, 2.24) is 9.88 Å². The zero-order valence-corrected chi connectivity index (χ0v) is 15.2. The fraction of sp³-hybridized carbons (Fsp3) is 0.714. The summed E-state index contributed by atoms with van der Waals surface area (Å²) in [7, 11) is 0. The number of halogens is 1. The number of ether oxygens (including phenoxy) is 1. The predicted octanol–water partition coefficient (Wildman–Crippen LogP) is 4.19. The second kappa shape index (κ2) is 6.60. The fourth-order valence-corrected chi connectivity index (χ4v) is 3.89. The molecule has 2 heterocycles. The molecular weight excluding hydrogens is 387 g/mol. The van der Waals surface area contributed by atoms with E-state index in [1.807, 2.05) is 25.7 Å². The summed E-state index contributed by atoms with van der Waals surface area (Å²) in [6.07, 6.45) is 1.77. The van der Waals surface area contributed by atoms with Crippen LogP contribution in [0.1, 0.15) is 50.2 Å². The minimum Gasteiger partial charge on any atom is -0.444 e. The number of alkyl halides is 1. The summed E-state index contributed by atoms with van der Waals surface area (Å²) < 4.78 is 6.38. The van der Waals surface area contributed by atoms with Crippen molar-refractivity contribution < 1.29 is 9.53 Å². The van der Waals surface area contributed by atoms with E-state index < -0.39 is 5.60 Å².